The quantitative estimate of drug-likeness (QED) is 0.686. The fourth-order valence-corrected chi connectivity index (χ4v) is 4.90. The molecule has 0 radical (unpaired) electrons. The number of aromatic nitrogens is 2. The average Bonchev–Trinajstić information content (AvgIpc) is 3.29. The van der Waals surface area contributed by atoms with Crippen LogP contribution in [-0.4, -0.2) is 82.5 Å². The lowest BCUT2D eigenvalue weighted by Gasteiger charge is -2.35. The fraction of sp³-hybridized carbons (Fsp3) is 0.565. The second-order valence-corrected chi connectivity index (χ2v) is 9.73. The Labute approximate surface area is 193 Å². The summed E-state index contributed by atoms with van der Waals surface area (Å²) >= 11 is 1.35. The molecule has 172 valence electrons. The summed E-state index contributed by atoms with van der Waals surface area (Å²) in [6.07, 6.45) is 3.50. The van der Waals surface area contributed by atoms with Gasteiger partial charge in [-0.05, 0) is 31.7 Å². The van der Waals surface area contributed by atoms with E-state index in [0.717, 1.165) is 62.7 Å². The van der Waals surface area contributed by atoms with Gasteiger partial charge in [-0.25, -0.2) is 0 Å². The van der Waals surface area contributed by atoms with Gasteiger partial charge in [0.1, 0.15) is 5.01 Å². The first kappa shape index (κ1) is 22.8. The largest absolute Gasteiger partial charge is 0.346 e. The number of amides is 2. The molecule has 0 spiro atoms. The predicted molar refractivity (Wildman–Crippen MR) is 124 cm³/mol. The van der Waals surface area contributed by atoms with E-state index >= 15 is 0 Å². The van der Waals surface area contributed by atoms with E-state index in [1.54, 1.807) is 0 Å². The number of nitrogens with zero attached hydrogens (tertiary/aromatic N) is 5. The van der Waals surface area contributed by atoms with Crippen molar-refractivity contribution in [3.8, 4) is 0 Å². The molecule has 0 unspecified atom stereocenters. The van der Waals surface area contributed by atoms with Gasteiger partial charge in [0.2, 0.25) is 10.9 Å². The van der Waals surface area contributed by atoms with Gasteiger partial charge in [0.05, 0.1) is 13.1 Å². The normalized spacial score (nSPS) is 18.0. The summed E-state index contributed by atoms with van der Waals surface area (Å²) in [7, 11) is 0. The van der Waals surface area contributed by atoms with E-state index < -0.39 is 0 Å². The summed E-state index contributed by atoms with van der Waals surface area (Å²) in [5, 5.41) is 12.5. The molecule has 2 saturated heterocycles. The standard InChI is InChI=1S/C23H32N6O2S/c1-18-5-7-19(8-6-18)15-24-22(31)23-26-25-20(32-23)16-27-11-13-28(14-12-27)17-21(30)29-9-3-2-4-10-29/h5-8H,2-4,9-17H2,1H3,(H,24,31). The Hall–Kier alpha value is -2.36. The maximum absolute atomic E-state index is 12.5. The second-order valence-electron chi connectivity index (χ2n) is 8.66. The molecule has 4 rings (SSSR count). The van der Waals surface area contributed by atoms with Crippen LogP contribution in [0.4, 0.5) is 0 Å². The molecule has 1 N–H and O–H groups in total. The SMILES string of the molecule is Cc1ccc(CNC(=O)c2nnc(CN3CCN(CC(=O)N4CCCCC4)CC3)s2)cc1. The van der Waals surface area contributed by atoms with Crippen molar-refractivity contribution in [3.05, 3.63) is 45.4 Å². The second kappa shape index (κ2) is 11.0. The minimum absolute atomic E-state index is 0.185. The molecular weight excluding hydrogens is 424 g/mol. The van der Waals surface area contributed by atoms with Crippen LogP contribution in [0.2, 0.25) is 0 Å². The maximum atomic E-state index is 12.5. The number of carbonyl (C=O) groups excluding carboxylic acids is 2. The monoisotopic (exact) mass is 456 g/mol. The Morgan fingerprint density at radius 3 is 2.34 bits per heavy atom. The molecule has 2 fully saturated rings. The summed E-state index contributed by atoms with van der Waals surface area (Å²) in [6, 6.07) is 8.10. The highest BCUT2D eigenvalue weighted by molar-refractivity contribution is 7.13. The lowest BCUT2D eigenvalue weighted by atomic mass is 10.1. The van der Waals surface area contributed by atoms with E-state index in [2.05, 4.69) is 25.3 Å². The molecule has 0 aliphatic carbocycles. The van der Waals surface area contributed by atoms with E-state index in [1.807, 2.05) is 36.1 Å². The molecule has 9 heteroatoms. The molecule has 1 aromatic carbocycles. The highest BCUT2D eigenvalue weighted by Crippen LogP contribution is 2.15. The smallest absolute Gasteiger partial charge is 0.282 e. The van der Waals surface area contributed by atoms with Gasteiger partial charge in [-0.15, -0.1) is 10.2 Å². The minimum Gasteiger partial charge on any atom is -0.346 e. The van der Waals surface area contributed by atoms with Gasteiger partial charge in [0, 0.05) is 45.8 Å². The van der Waals surface area contributed by atoms with Crippen LogP contribution < -0.4 is 5.32 Å². The number of nitrogens with one attached hydrogen (secondary N) is 1. The first-order chi connectivity index (χ1) is 15.6. The summed E-state index contributed by atoms with van der Waals surface area (Å²) in [6.45, 7) is 9.10. The van der Waals surface area contributed by atoms with Crippen LogP contribution in [0.5, 0.6) is 0 Å². The fourth-order valence-electron chi connectivity index (χ4n) is 4.10. The Morgan fingerprint density at radius 1 is 0.938 bits per heavy atom. The zero-order valence-electron chi connectivity index (χ0n) is 18.8. The number of rotatable bonds is 7. The number of carbonyl (C=O) groups is 2. The molecular formula is C23H32N6O2S. The van der Waals surface area contributed by atoms with Gasteiger partial charge in [0.15, 0.2) is 0 Å². The molecule has 8 nitrogen and oxygen atoms in total. The Kier molecular flexibility index (Phi) is 7.83. The van der Waals surface area contributed by atoms with Crippen molar-refractivity contribution in [3.63, 3.8) is 0 Å². The van der Waals surface area contributed by atoms with Gasteiger partial charge < -0.3 is 10.2 Å². The van der Waals surface area contributed by atoms with Crippen LogP contribution in [0.1, 0.15) is 45.2 Å². The zero-order valence-corrected chi connectivity index (χ0v) is 19.6. The molecule has 0 atom stereocenters. The number of benzene rings is 1. The van der Waals surface area contributed by atoms with Crippen molar-refractivity contribution >= 4 is 23.2 Å². The Bertz CT molecular complexity index is 901. The molecule has 2 aromatic rings. The lowest BCUT2D eigenvalue weighted by Crippen LogP contribution is -2.50. The topological polar surface area (TPSA) is 81.7 Å². The molecule has 0 saturated carbocycles. The minimum atomic E-state index is -0.185. The van der Waals surface area contributed by atoms with Gasteiger partial charge >= 0.3 is 0 Å². The summed E-state index contributed by atoms with van der Waals surface area (Å²) in [5.41, 5.74) is 2.26. The van der Waals surface area contributed by atoms with E-state index in [4.69, 9.17) is 0 Å². The molecule has 2 aliphatic heterocycles. The number of likely N-dealkylation sites (tertiary alicyclic amines) is 1. The van der Waals surface area contributed by atoms with Gasteiger partial charge in [-0.1, -0.05) is 41.2 Å². The van der Waals surface area contributed by atoms with Crippen molar-refractivity contribution in [2.24, 2.45) is 0 Å². The molecule has 1 aromatic heterocycles. The summed E-state index contributed by atoms with van der Waals surface area (Å²) < 4.78 is 0. The third-order valence-corrected chi connectivity index (χ3v) is 7.03. The molecule has 0 bridgehead atoms. The van der Waals surface area contributed by atoms with Crippen LogP contribution >= 0.6 is 11.3 Å². The highest BCUT2D eigenvalue weighted by Gasteiger charge is 2.23. The van der Waals surface area contributed by atoms with Gasteiger partial charge in [-0.2, -0.15) is 0 Å². The molecule has 32 heavy (non-hydrogen) atoms. The molecule has 2 aliphatic rings. The molecule has 3 heterocycles. The van der Waals surface area contributed by atoms with E-state index in [9.17, 15) is 9.59 Å². The Morgan fingerprint density at radius 2 is 1.62 bits per heavy atom. The molecule has 2 amide bonds. The van der Waals surface area contributed by atoms with Crippen molar-refractivity contribution in [2.45, 2.75) is 39.3 Å². The van der Waals surface area contributed by atoms with Crippen LogP contribution in [0.15, 0.2) is 24.3 Å². The van der Waals surface area contributed by atoms with Crippen molar-refractivity contribution in [1.82, 2.24) is 30.2 Å². The number of aryl methyl sites for hydroxylation is 1. The Balaban J connectivity index is 1.19. The highest BCUT2D eigenvalue weighted by atomic mass is 32.1. The van der Waals surface area contributed by atoms with Crippen LogP contribution in [0.25, 0.3) is 0 Å². The van der Waals surface area contributed by atoms with Crippen LogP contribution in [0.3, 0.4) is 0 Å². The van der Waals surface area contributed by atoms with E-state index in [0.29, 0.717) is 24.6 Å². The number of piperazine rings is 1. The van der Waals surface area contributed by atoms with Crippen molar-refractivity contribution < 1.29 is 9.59 Å². The van der Waals surface area contributed by atoms with Gasteiger partial charge in [-0.3, -0.25) is 19.4 Å². The predicted octanol–water partition coefficient (Wildman–Crippen LogP) is 1.91. The first-order valence-corrected chi connectivity index (χ1v) is 12.3. The first-order valence-electron chi connectivity index (χ1n) is 11.5. The summed E-state index contributed by atoms with van der Waals surface area (Å²) in [5.74, 6) is 0.0823. The van der Waals surface area contributed by atoms with E-state index in [-0.39, 0.29) is 11.8 Å². The van der Waals surface area contributed by atoms with Crippen LogP contribution in [-0.2, 0) is 17.9 Å². The van der Waals surface area contributed by atoms with E-state index in [1.165, 1.54) is 23.3 Å². The number of piperidine rings is 1. The van der Waals surface area contributed by atoms with Crippen molar-refractivity contribution in [2.75, 3.05) is 45.8 Å². The maximum Gasteiger partial charge on any atom is 0.282 e. The van der Waals surface area contributed by atoms with Gasteiger partial charge in [0.25, 0.3) is 5.91 Å². The summed E-state index contributed by atoms with van der Waals surface area (Å²) in [4.78, 5) is 31.5. The zero-order chi connectivity index (χ0) is 22.3. The number of hydrogen-bond acceptors (Lipinski definition) is 7. The third kappa shape index (κ3) is 6.34. The van der Waals surface area contributed by atoms with Crippen molar-refractivity contribution in [1.29, 1.82) is 0 Å². The van der Waals surface area contributed by atoms with Crippen LogP contribution in [0, 0.1) is 6.92 Å². The average molecular weight is 457 g/mol. The number of hydrogen-bond donors (Lipinski definition) is 1. The lowest BCUT2D eigenvalue weighted by molar-refractivity contribution is -0.133. The third-order valence-electron chi connectivity index (χ3n) is 6.13.